The molecule has 0 saturated heterocycles. The number of benzene rings is 1. The molecule has 1 aromatic carbocycles. The second kappa shape index (κ2) is 5.69. The largest absolute Gasteiger partial charge is 0.380 e. The highest BCUT2D eigenvalue weighted by Crippen LogP contribution is 2.23. The van der Waals surface area contributed by atoms with Crippen molar-refractivity contribution in [2.24, 2.45) is 12.8 Å². The van der Waals surface area contributed by atoms with Crippen molar-refractivity contribution in [1.82, 2.24) is 9.55 Å². The molecular weight excluding hydrogens is 300 g/mol. The molecular formula is C16H15ClN4O. The summed E-state index contributed by atoms with van der Waals surface area (Å²) < 4.78 is 2.07. The number of fused-ring (bicyclic) bond motifs is 1. The Morgan fingerprint density at radius 3 is 3.00 bits per heavy atom. The summed E-state index contributed by atoms with van der Waals surface area (Å²) in [6, 6.07) is 9.79. The molecule has 22 heavy (non-hydrogen) atoms. The van der Waals surface area contributed by atoms with Crippen LogP contribution >= 0.6 is 11.6 Å². The lowest BCUT2D eigenvalue weighted by Crippen LogP contribution is -2.15. The number of pyridine rings is 1. The van der Waals surface area contributed by atoms with Gasteiger partial charge in [0.25, 0.3) is 5.91 Å². The maximum Gasteiger partial charge on any atom is 0.252 e. The Kier molecular flexibility index (Phi) is 3.73. The molecule has 0 aliphatic carbocycles. The number of nitrogens with two attached hydrogens (primary N) is 1. The quantitative estimate of drug-likeness (QED) is 0.727. The maximum atomic E-state index is 11.5. The van der Waals surface area contributed by atoms with Crippen LogP contribution in [0.5, 0.6) is 0 Å². The second-order valence-electron chi connectivity index (χ2n) is 5.05. The third-order valence-electron chi connectivity index (χ3n) is 3.62. The first kappa shape index (κ1) is 14.4. The predicted molar refractivity (Wildman–Crippen MR) is 88.0 cm³/mol. The zero-order valence-electron chi connectivity index (χ0n) is 12.0. The summed E-state index contributed by atoms with van der Waals surface area (Å²) in [5.74, 6) is -0.537. The van der Waals surface area contributed by atoms with Crippen LogP contribution in [-0.2, 0) is 13.6 Å². The summed E-state index contributed by atoms with van der Waals surface area (Å²) in [6.07, 6.45) is 3.41. The van der Waals surface area contributed by atoms with Gasteiger partial charge in [0.15, 0.2) is 0 Å². The van der Waals surface area contributed by atoms with Crippen molar-refractivity contribution in [2.45, 2.75) is 6.54 Å². The molecule has 0 unspecified atom stereocenters. The fourth-order valence-electron chi connectivity index (χ4n) is 2.48. The van der Waals surface area contributed by atoms with E-state index in [1.165, 1.54) is 11.6 Å². The van der Waals surface area contributed by atoms with Crippen molar-refractivity contribution >= 4 is 34.1 Å². The monoisotopic (exact) mass is 314 g/mol. The fourth-order valence-corrected chi connectivity index (χ4v) is 2.64. The first-order valence-electron chi connectivity index (χ1n) is 6.78. The van der Waals surface area contributed by atoms with E-state index < -0.39 is 5.91 Å². The molecule has 2 heterocycles. The number of anilines is 1. The van der Waals surface area contributed by atoms with E-state index in [0.29, 0.717) is 22.9 Å². The first-order chi connectivity index (χ1) is 10.6. The number of carbonyl (C=O) groups excluding carboxylic acids is 1. The van der Waals surface area contributed by atoms with Gasteiger partial charge in [-0.15, -0.1) is 0 Å². The summed E-state index contributed by atoms with van der Waals surface area (Å²) in [5.41, 5.74) is 8.55. The molecule has 0 radical (unpaired) electrons. The lowest BCUT2D eigenvalue weighted by molar-refractivity contribution is 0.100. The normalized spacial score (nSPS) is 10.8. The van der Waals surface area contributed by atoms with Gasteiger partial charge >= 0.3 is 0 Å². The van der Waals surface area contributed by atoms with Crippen LogP contribution < -0.4 is 11.1 Å². The fraction of sp³-hybridized carbons (Fsp3) is 0.125. The van der Waals surface area contributed by atoms with Gasteiger partial charge in [0.2, 0.25) is 0 Å². The molecule has 0 saturated carbocycles. The average Bonchev–Trinajstić information content (AvgIpc) is 2.87. The highest BCUT2D eigenvalue weighted by atomic mass is 35.5. The first-order valence-corrected chi connectivity index (χ1v) is 7.16. The van der Waals surface area contributed by atoms with Crippen LogP contribution in [0.3, 0.4) is 0 Å². The van der Waals surface area contributed by atoms with Gasteiger partial charge in [-0.25, -0.2) is 4.98 Å². The molecule has 3 N–H and O–H groups in total. The number of nitrogens with zero attached hydrogens (tertiary/aromatic N) is 2. The molecule has 0 aliphatic heterocycles. The van der Waals surface area contributed by atoms with Gasteiger partial charge in [-0.3, -0.25) is 4.79 Å². The van der Waals surface area contributed by atoms with Gasteiger partial charge in [0.05, 0.1) is 11.3 Å². The topological polar surface area (TPSA) is 72.9 Å². The van der Waals surface area contributed by atoms with E-state index >= 15 is 0 Å². The summed E-state index contributed by atoms with van der Waals surface area (Å²) in [4.78, 5) is 15.3. The number of halogens is 1. The van der Waals surface area contributed by atoms with Gasteiger partial charge in [0.1, 0.15) is 5.15 Å². The van der Waals surface area contributed by atoms with Crippen molar-refractivity contribution in [3.8, 4) is 0 Å². The van der Waals surface area contributed by atoms with Gasteiger partial charge in [-0.05, 0) is 23.8 Å². The van der Waals surface area contributed by atoms with Crippen molar-refractivity contribution in [1.29, 1.82) is 0 Å². The van der Waals surface area contributed by atoms with E-state index in [1.54, 1.807) is 6.07 Å². The number of aromatic nitrogens is 2. The summed E-state index contributed by atoms with van der Waals surface area (Å²) >= 11 is 5.90. The summed E-state index contributed by atoms with van der Waals surface area (Å²) in [6.45, 7) is 0.558. The highest BCUT2D eigenvalue weighted by Gasteiger charge is 2.10. The molecule has 0 fully saturated rings. The Balaban J connectivity index is 1.91. The van der Waals surface area contributed by atoms with E-state index in [0.717, 1.165) is 11.1 Å². The van der Waals surface area contributed by atoms with Gasteiger partial charge in [0, 0.05) is 36.9 Å². The van der Waals surface area contributed by atoms with Crippen molar-refractivity contribution in [3.63, 3.8) is 0 Å². The van der Waals surface area contributed by atoms with Crippen LogP contribution in [0.15, 0.2) is 42.7 Å². The minimum Gasteiger partial charge on any atom is -0.380 e. The van der Waals surface area contributed by atoms with Crippen molar-refractivity contribution in [3.05, 3.63) is 59.0 Å². The SMILES string of the molecule is Cn1ccc2c(CNc3cc(Cl)ncc3C(N)=O)cccc21. The second-order valence-corrected chi connectivity index (χ2v) is 5.43. The van der Waals surface area contributed by atoms with Crippen LogP contribution in [0.2, 0.25) is 5.15 Å². The average molecular weight is 315 g/mol. The molecule has 0 atom stereocenters. The van der Waals surface area contributed by atoms with Crippen LogP contribution in [0.25, 0.3) is 10.9 Å². The molecule has 112 valence electrons. The lowest BCUT2D eigenvalue weighted by Gasteiger charge is -2.11. The third kappa shape index (κ3) is 2.63. The number of nitrogens with one attached hydrogen (secondary N) is 1. The third-order valence-corrected chi connectivity index (χ3v) is 3.83. The Morgan fingerprint density at radius 2 is 2.23 bits per heavy atom. The Labute approximate surface area is 132 Å². The van der Waals surface area contributed by atoms with Gasteiger partial charge in [-0.2, -0.15) is 0 Å². The molecule has 2 aromatic heterocycles. The van der Waals surface area contributed by atoms with Gasteiger partial charge < -0.3 is 15.6 Å². The van der Waals surface area contributed by atoms with Crippen molar-refractivity contribution < 1.29 is 4.79 Å². The standard InChI is InChI=1S/C16H15ClN4O/c1-21-6-5-11-10(3-2-4-14(11)21)8-19-13-7-15(17)20-9-12(13)16(18)22/h2-7,9H,8H2,1H3,(H2,18,22)(H,19,20). The predicted octanol–water partition coefficient (Wildman–Crippen LogP) is 2.94. The van der Waals surface area contributed by atoms with E-state index in [9.17, 15) is 4.79 Å². The number of aryl methyl sites for hydroxylation is 1. The van der Waals surface area contributed by atoms with E-state index in [1.807, 2.05) is 25.4 Å². The molecule has 3 rings (SSSR count). The maximum absolute atomic E-state index is 11.5. The molecule has 3 aromatic rings. The molecule has 6 heteroatoms. The lowest BCUT2D eigenvalue weighted by atomic mass is 10.1. The molecule has 0 aliphatic rings. The summed E-state index contributed by atoms with van der Waals surface area (Å²) in [7, 11) is 2.01. The molecule has 0 spiro atoms. The number of hydrogen-bond donors (Lipinski definition) is 2. The van der Waals surface area contributed by atoms with Crippen LogP contribution in [0.4, 0.5) is 5.69 Å². The van der Waals surface area contributed by atoms with E-state index in [-0.39, 0.29) is 0 Å². The number of hydrogen-bond acceptors (Lipinski definition) is 3. The number of carbonyl (C=O) groups is 1. The molecule has 1 amide bonds. The van der Waals surface area contributed by atoms with E-state index in [4.69, 9.17) is 17.3 Å². The number of rotatable bonds is 4. The number of amides is 1. The van der Waals surface area contributed by atoms with Crippen LogP contribution in [-0.4, -0.2) is 15.5 Å². The summed E-state index contributed by atoms with van der Waals surface area (Å²) in [5, 5.41) is 4.69. The molecule has 5 nitrogen and oxygen atoms in total. The van der Waals surface area contributed by atoms with Crippen molar-refractivity contribution in [2.75, 3.05) is 5.32 Å². The minimum absolute atomic E-state index is 0.311. The Morgan fingerprint density at radius 1 is 1.41 bits per heavy atom. The molecule has 0 bridgehead atoms. The zero-order valence-corrected chi connectivity index (χ0v) is 12.8. The zero-order chi connectivity index (χ0) is 15.7. The van der Waals surface area contributed by atoms with Gasteiger partial charge in [-0.1, -0.05) is 23.7 Å². The number of primary amides is 1. The minimum atomic E-state index is -0.537. The Hall–Kier alpha value is -2.53. The smallest absolute Gasteiger partial charge is 0.252 e. The van der Waals surface area contributed by atoms with Crippen LogP contribution in [0.1, 0.15) is 15.9 Å². The van der Waals surface area contributed by atoms with Crippen LogP contribution in [0, 0.1) is 0 Å². The Bertz CT molecular complexity index is 856. The van der Waals surface area contributed by atoms with E-state index in [2.05, 4.69) is 27.0 Å². The highest BCUT2D eigenvalue weighted by molar-refractivity contribution is 6.29.